The lowest BCUT2D eigenvalue weighted by atomic mass is 10.1. The van der Waals surface area contributed by atoms with E-state index in [0.717, 1.165) is 5.56 Å². The molecule has 4 heterocycles. The van der Waals surface area contributed by atoms with E-state index in [1.165, 1.54) is 26.3 Å². The molecule has 1 aliphatic heterocycles. The van der Waals surface area contributed by atoms with Crippen LogP contribution in [0.3, 0.4) is 0 Å². The summed E-state index contributed by atoms with van der Waals surface area (Å²) in [5, 5.41) is 21.4. The molecule has 6 bridgehead atoms. The number of benzene rings is 1. The topological polar surface area (TPSA) is 141 Å². The molecule has 0 spiro atoms. The van der Waals surface area contributed by atoms with Crippen molar-refractivity contribution in [2.24, 2.45) is 0 Å². The normalized spacial score (nSPS) is 12.7. The maximum absolute atomic E-state index is 14.4. The number of carbonyl (C=O) groups is 1. The molecule has 184 valence electrons. The molecule has 13 heteroatoms. The Balaban J connectivity index is 1.70. The molecule has 1 amide bonds. The molecule has 0 atom stereocenters. The molecule has 1 aromatic carbocycles. The predicted octanol–water partition coefficient (Wildman–Crippen LogP) is 2.79. The maximum Gasteiger partial charge on any atom is 0.273 e. The lowest BCUT2D eigenvalue weighted by Crippen LogP contribution is -2.21. The van der Waals surface area contributed by atoms with Crippen molar-refractivity contribution in [1.29, 1.82) is 0 Å². The van der Waals surface area contributed by atoms with Crippen molar-refractivity contribution in [1.82, 2.24) is 35.3 Å². The number of amides is 1. The number of rotatable bonds is 3. The van der Waals surface area contributed by atoms with Gasteiger partial charge in [-0.05, 0) is 36.8 Å². The molecule has 0 radical (unpaired) electrons. The minimum absolute atomic E-state index is 0.0551. The van der Waals surface area contributed by atoms with Crippen LogP contribution in [0.2, 0.25) is 0 Å². The van der Waals surface area contributed by atoms with Crippen LogP contribution in [0.25, 0.3) is 5.69 Å². The summed E-state index contributed by atoms with van der Waals surface area (Å²) in [5.41, 5.74) is 2.38. The summed E-state index contributed by atoms with van der Waals surface area (Å²) in [7, 11) is 3.03. The summed E-state index contributed by atoms with van der Waals surface area (Å²) >= 11 is 0. The Morgan fingerprint density at radius 2 is 2.00 bits per heavy atom. The van der Waals surface area contributed by atoms with E-state index in [1.807, 2.05) is 6.07 Å². The molecule has 0 saturated heterocycles. The van der Waals surface area contributed by atoms with Gasteiger partial charge in [-0.2, -0.15) is 5.10 Å². The number of ether oxygens (including phenoxy) is 2. The number of hydrogen-bond donors (Lipinski definition) is 3. The monoisotopic (exact) mass is 491 g/mol. The fraction of sp³-hybridized carbons (Fsp3) is 0.217. The van der Waals surface area contributed by atoms with Crippen LogP contribution in [0.15, 0.2) is 36.7 Å². The lowest BCUT2D eigenvalue weighted by Gasteiger charge is -2.19. The van der Waals surface area contributed by atoms with Crippen LogP contribution in [0.4, 0.5) is 27.4 Å². The van der Waals surface area contributed by atoms with E-state index in [4.69, 9.17) is 9.47 Å². The SMILES string of the molecule is CNC(=O)c1nnc2cc1Nc1cc(cc(-n3cnc(C)n3)c1OC)COCc1nc(ccc1F)N2. The molecule has 5 rings (SSSR count). The zero-order chi connectivity index (χ0) is 25.2. The lowest BCUT2D eigenvalue weighted by molar-refractivity contribution is 0.0958. The number of pyridine rings is 1. The van der Waals surface area contributed by atoms with Crippen molar-refractivity contribution in [3.63, 3.8) is 0 Å². The van der Waals surface area contributed by atoms with Gasteiger partial charge in [-0.15, -0.1) is 10.2 Å². The van der Waals surface area contributed by atoms with Crippen molar-refractivity contribution in [3.05, 3.63) is 65.3 Å². The second-order valence-corrected chi connectivity index (χ2v) is 7.87. The molecule has 0 aliphatic carbocycles. The molecule has 0 saturated carbocycles. The van der Waals surface area contributed by atoms with Crippen LogP contribution in [0, 0.1) is 12.7 Å². The molecular weight excluding hydrogens is 469 g/mol. The van der Waals surface area contributed by atoms with Gasteiger partial charge in [0.1, 0.15) is 35.2 Å². The zero-order valence-corrected chi connectivity index (χ0v) is 19.7. The summed E-state index contributed by atoms with van der Waals surface area (Å²) in [4.78, 5) is 21.0. The highest BCUT2D eigenvalue weighted by Gasteiger charge is 2.20. The van der Waals surface area contributed by atoms with Gasteiger partial charge in [0.05, 0.1) is 31.7 Å². The number of carbonyl (C=O) groups excluding carboxylic acids is 1. The Bertz CT molecular complexity index is 1460. The number of nitrogens with zero attached hydrogens (tertiary/aromatic N) is 6. The first kappa shape index (κ1) is 23.1. The average molecular weight is 491 g/mol. The molecule has 3 aromatic heterocycles. The van der Waals surface area contributed by atoms with Gasteiger partial charge in [-0.25, -0.2) is 19.0 Å². The fourth-order valence-electron chi connectivity index (χ4n) is 3.73. The summed E-state index contributed by atoms with van der Waals surface area (Å²) < 4.78 is 27.5. The molecule has 12 nitrogen and oxygen atoms in total. The van der Waals surface area contributed by atoms with E-state index in [-0.39, 0.29) is 30.4 Å². The van der Waals surface area contributed by atoms with Crippen LogP contribution >= 0.6 is 0 Å². The van der Waals surface area contributed by atoms with Gasteiger partial charge >= 0.3 is 0 Å². The second kappa shape index (κ2) is 9.54. The van der Waals surface area contributed by atoms with E-state index in [9.17, 15) is 9.18 Å². The number of halogens is 1. The standard InChI is InChI=1S/C23H22FN9O3/c1-12-26-11-33(32-12)18-7-13-6-16(22(18)35-3)27-15-8-20(30-31-21(15)23(34)25-2)29-19-5-4-14(24)17(28-19)10-36-9-13/h4-8,11,27H,9-10H2,1-3H3,(H,25,34)(H,28,29,30). The maximum atomic E-state index is 14.4. The van der Waals surface area contributed by atoms with Gasteiger partial charge in [0.2, 0.25) is 0 Å². The van der Waals surface area contributed by atoms with E-state index < -0.39 is 11.7 Å². The summed E-state index contributed by atoms with van der Waals surface area (Å²) in [6, 6.07) is 8.02. The first-order valence-electron chi connectivity index (χ1n) is 10.9. The summed E-state index contributed by atoms with van der Waals surface area (Å²) in [5.74, 6) is 0.724. The smallest absolute Gasteiger partial charge is 0.273 e. The highest BCUT2D eigenvalue weighted by Crippen LogP contribution is 2.36. The van der Waals surface area contributed by atoms with Crippen LogP contribution in [0.1, 0.15) is 27.6 Å². The van der Waals surface area contributed by atoms with Gasteiger partial charge in [-0.3, -0.25) is 4.79 Å². The van der Waals surface area contributed by atoms with Crippen molar-refractivity contribution in [2.45, 2.75) is 20.1 Å². The Labute approximate surface area is 204 Å². The average Bonchev–Trinajstić information content (AvgIpc) is 3.31. The minimum atomic E-state index is -0.495. The van der Waals surface area contributed by atoms with Crippen molar-refractivity contribution < 1.29 is 18.7 Å². The van der Waals surface area contributed by atoms with Crippen LogP contribution < -0.4 is 20.7 Å². The predicted molar refractivity (Wildman–Crippen MR) is 127 cm³/mol. The summed E-state index contributed by atoms with van der Waals surface area (Å²) in [6.45, 7) is 1.86. The summed E-state index contributed by atoms with van der Waals surface area (Å²) in [6.07, 6.45) is 1.57. The van der Waals surface area contributed by atoms with Gasteiger partial charge < -0.3 is 25.4 Å². The van der Waals surface area contributed by atoms with Crippen molar-refractivity contribution >= 4 is 28.9 Å². The number of anilines is 4. The van der Waals surface area contributed by atoms with E-state index in [1.54, 1.807) is 30.1 Å². The van der Waals surface area contributed by atoms with Crippen LogP contribution in [-0.2, 0) is 18.0 Å². The molecule has 1 aliphatic rings. The molecule has 0 fully saturated rings. The number of aryl methyl sites for hydroxylation is 1. The van der Waals surface area contributed by atoms with E-state index >= 15 is 0 Å². The van der Waals surface area contributed by atoms with E-state index in [2.05, 4.69) is 41.2 Å². The van der Waals surface area contributed by atoms with Crippen LogP contribution in [0.5, 0.6) is 5.75 Å². The molecule has 0 unspecified atom stereocenters. The zero-order valence-electron chi connectivity index (χ0n) is 19.7. The van der Waals surface area contributed by atoms with Crippen LogP contribution in [-0.4, -0.2) is 50.0 Å². The third-order valence-corrected chi connectivity index (χ3v) is 5.37. The number of nitrogens with one attached hydrogen (secondary N) is 3. The quantitative estimate of drug-likeness (QED) is 0.392. The largest absolute Gasteiger partial charge is 0.492 e. The van der Waals surface area contributed by atoms with Crippen molar-refractivity contribution in [3.8, 4) is 11.4 Å². The number of methoxy groups -OCH3 is 1. The Kier molecular flexibility index (Phi) is 6.12. The van der Waals surface area contributed by atoms with Gasteiger partial charge in [0.15, 0.2) is 17.3 Å². The second-order valence-electron chi connectivity index (χ2n) is 7.87. The number of hydrogen-bond acceptors (Lipinski definition) is 10. The fourth-order valence-corrected chi connectivity index (χ4v) is 3.73. The molecule has 3 N–H and O–H groups in total. The molecule has 4 aromatic rings. The highest BCUT2D eigenvalue weighted by molar-refractivity contribution is 5.98. The molecule has 36 heavy (non-hydrogen) atoms. The van der Waals surface area contributed by atoms with E-state index in [0.29, 0.717) is 34.5 Å². The third-order valence-electron chi connectivity index (χ3n) is 5.37. The molecular formula is C23H22FN9O3. The van der Waals surface area contributed by atoms with Gasteiger partial charge in [-0.1, -0.05) is 0 Å². The number of aromatic nitrogens is 6. The Morgan fingerprint density at radius 1 is 1.14 bits per heavy atom. The Hall–Kier alpha value is -4.65. The first-order chi connectivity index (χ1) is 17.4. The van der Waals surface area contributed by atoms with Gasteiger partial charge in [0.25, 0.3) is 5.91 Å². The van der Waals surface area contributed by atoms with Gasteiger partial charge in [0, 0.05) is 13.1 Å². The third kappa shape index (κ3) is 4.51. The minimum Gasteiger partial charge on any atom is -0.492 e. The number of fused-ring (bicyclic) bond motifs is 6. The first-order valence-corrected chi connectivity index (χ1v) is 10.9. The highest BCUT2D eigenvalue weighted by atomic mass is 19.1. The van der Waals surface area contributed by atoms with Crippen molar-refractivity contribution in [2.75, 3.05) is 24.8 Å². The Morgan fingerprint density at radius 3 is 2.75 bits per heavy atom.